The first-order valence-electron chi connectivity index (χ1n) is 8.23. The fraction of sp³-hybridized carbons (Fsp3) is 0.444. The summed E-state index contributed by atoms with van der Waals surface area (Å²) in [5.74, 6) is -0.167. The number of amides is 1. The van der Waals surface area contributed by atoms with Crippen LogP contribution in [0.15, 0.2) is 36.7 Å². The van der Waals surface area contributed by atoms with Crippen molar-refractivity contribution in [3.05, 3.63) is 53.6 Å². The molecule has 0 aliphatic carbocycles. The summed E-state index contributed by atoms with van der Waals surface area (Å²) in [5.41, 5.74) is 1.76. The summed E-state index contributed by atoms with van der Waals surface area (Å²) in [6.45, 7) is 3.44. The highest BCUT2D eigenvalue weighted by atomic mass is 19.1. The Hall–Kier alpha value is -2.21. The third kappa shape index (κ3) is 3.82. The molecule has 24 heavy (non-hydrogen) atoms. The highest BCUT2D eigenvalue weighted by Gasteiger charge is 2.28. The van der Waals surface area contributed by atoms with E-state index in [4.69, 9.17) is 0 Å². The Labute approximate surface area is 140 Å². The highest BCUT2D eigenvalue weighted by molar-refractivity contribution is 5.76. The Morgan fingerprint density at radius 1 is 1.33 bits per heavy atom. The zero-order chi connectivity index (χ0) is 17.1. The summed E-state index contributed by atoms with van der Waals surface area (Å²) in [7, 11) is 0. The number of aliphatic hydroxyl groups is 1. The second-order valence-electron chi connectivity index (χ2n) is 6.43. The van der Waals surface area contributed by atoms with Gasteiger partial charge in [-0.25, -0.2) is 4.39 Å². The van der Waals surface area contributed by atoms with E-state index in [9.17, 15) is 14.3 Å². The van der Waals surface area contributed by atoms with Gasteiger partial charge in [0.25, 0.3) is 0 Å². The molecule has 1 aliphatic heterocycles. The number of aromatic nitrogens is 2. The molecule has 0 unspecified atom stereocenters. The van der Waals surface area contributed by atoms with Gasteiger partial charge in [-0.05, 0) is 48.9 Å². The monoisotopic (exact) mass is 331 g/mol. The number of benzene rings is 1. The fourth-order valence-corrected chi connectivity index (χ4v) is 3.19. The van der Waals surface area contributed by atoms with E-state index in [-0.39, 0.29) is 24.2 Å². The first-order valence-corrected chi connectivity index (χ1v) is 8.23. The van der Waals surface area contributed by atoms with E-state index in [0.29, 0.717) is 13.1 Å². The van der Waals surface area contributed by atoms with Crippen molar-refractivity contribution in [2.24, 2.45) is 5.92 Å². The van der Waals surface area contributed by atoms with Crippen molar-refractivity contribution in [3.63, 3.8) is 0 Å². The minimum atomic E-state index is -0.614. The lowest BCUT2D eigenvalue weighted by Crippen LogP contribution is -2.41. The third-order valence-electron chi connectivity index (χ3n) is 4.61. The lowest BCUT2D eigenvalue weighted by molar-refractivity contribution is -0.134. The zero-order valence-corrected chi connectivity index (χ0v) is 13.7. The van der Waals surface area contributed by atoms with E-state index >= 15 is 0 Å². The average Bonchev–Trinajstić information content (AvgIpc) is 3.00. The van der Waals surface area contributed by atoms with Gasteiger partial charge < -0.3 is 10.0 Å². The Bertz CT molecular complexity index is 691. The van der Waals surface area contributed by atoms with Gasteiger partial charge in [0.2, 0.25) is 5.91 Å². The molecule has 1 aromatic carbocycles. The molecule has 2 heterocycles. The SMILES string of the molecule is Cc1cnn(CC(=O)N2CCC([C@@H](O)c3ccc(F)cc3)CC2)c1. The minimum absolute atomic E-state index is 0.0489. The molecule has 1 aromatic heterocycles. The second-order valence-corrected chi connectivity index (χ2v) is 6.43. The number of carbonyl (C=O) groups excluding carboxylic acids is 1. The molecule has 1 atom stereocenters. The van der Waals surface area contributed by atoms with Crippen LogP contribution in [-0.4, -0.2) is 38.8 Å². The molecule has 128 valence electrons. The smallest absolute Gasteiger partial charge is 0.244 e. The van der Waals surface area contributed by atoms with Gasteiger partial charge in [-0.15, -0.1) is 0 Å². The van der Waals surface area contributed by atoms with E-state index in [1.54, 1.807) is 23.0 Å². The number of nitrogens with zero attached hydrogens (tertiary/aromatic N) is 3. The Balaban J connectivity index is 1.53. The van der Waals surface area contributed by atoms with Gasteiger partial charge in [0.05, 0.1) is 12.3 Å². The normalized spacial score (nSPS) is 17.0. The standard InChI is InChI=1S/C18H22FN3O2/c1-13-10-20-22(11-13)12-17(23)21-8-6-15(7-9-21)18(24)14-2-4-16(19)5-3-14/h2-5,10-11,15,18,24H,6-9,12H2,1H3/t18-/m0/s1. The largest absolute Gasteiger partial charge is 0.388 e. The second kappa shape index (κ2) is 7.13. The quantitative estimate of drug-likeness (QED) is 0.935. The predicted molar refractivity (Wildman–Crippen MR) is 87.6 cm³/mol. The van der Waals surface area contributed by atoms with Gasteiger partial charge in [0.1, 0.15) is 12.4 Å². The summed E-state index contributed by atoms with van der Waals surface area (Å²) < 4.78 is 14.6. The molecule has 0 saturated carbocycles. The molecule has 1 saturated heterocycles. The fourth-order valence-electron chi connectivity index (χ4n) is 3.19. The molecular weight excluding hydrogens is 309 g/mol. The minimum Gasteiger partial charge on any atom is -0.388 e. The Kier molecular flexibility index (Phi) is 4.94. The van der Waals surface area contributed by atoms with Crippen molar-refractivity contribution in [1.82, 2.24) is 14.7 Å². The lowest BCUT2D eigenvalue weighted by Gasteiger charge is -2.34. The van der Waals surface area contributed by atoms with Crippen LogP contribution >= 0.6 is 0 Å². The van der Waals surface area contributed by atoms with Gasteiger partial charge in [0, 0.05) is 19.3 Å². The number of halogens is 1. The summed E-state index contributed by atoms with van der Waals surface area (Å²) in [5, 5.41) is 14.6. The van der Waals surface area contributed by atoms with Crippen molar-refractivity contribution in [2.75, 3.05) is 13.1 Å². The average molecular weight is 331 g/mol. The Morgan fingerprint density at radius 2 is 2.00 bits per heavy atom. The molecule has 0 bridgehead atoms. The van der Waals surface area contributed by atoms with Crippen LogP contribution in [0.3, 0.4) is 0 Å². The van der Waals surface area contributed by atoms with Crippen molar-refractivity contribution in [3.8, 4) is 0 Å². The van der Waals surface area contributed by atoms with Crippen molar-refractivity contribution >= 4 is 5.91 Å². The maximum atomic E-state index is 13.0. The van der Waals surface area contributed by atoms with Crippen LogP contribution in [0.5, 0.6) is 0 Å². The van der Waals surface area contributed by atoms with E-state index in [1.165, 1.54) is 12.1 Å². The molecule has 2 aromatic rings. The molecule has 1 N–H and O–H groups in total. The van der Waals surface area contributed by atoms with Crippen LogP contribution in [0.25, 0.3) is 0 Å². The maximum Gasteiger partial charge on any atom is 0.244 e. The van der Waals surface area contributed by atoms with Gasteiger partial charge in [-0.2, -0.15) is 5.10 Å². The molecule has 1 fully saturated rings. The van der Waals surface area contributed by atoms with Crippen LogP contribution in [0.2, 0.25) is 0 Å². The highest BCUT2D eigenvalue weighted by Crippen LogP contribution is 2.30. The van der Waals surface area contributed by atoms with Gasteiger partial charge in [-0.3, -0.25) is 9.48 Å². The molecule has 5 nitrogen and oxygen atoms in total. The lowest BCUT2D eigenvalue weighted by atomic mass is 9.87. The summed E-state index contributed by atoms with van der Waals surface area (Å²) in [6, 6.07) is 5.97. The maximum absolute atomic E-state index is 13.0. The summed E-state index contributed by atoms with van der Waals surface area (Å²) in [4.78, 5) is 14.1. The van der Waals surface area contributed by atoms with Crippen LogP contribution in [-0.2, 0) is 11.3 Å². The molecule has 0 radical (unpaired) electrons. The molecule has 6 heteroatoms. The van der Waals surface area contributed by atoms with Crippen LogP contribution < -0.4 is 0 Å². The number of hydrogen-bond donors (Lipinski definition) is 1. The van der Waals surface area contributed by atoms with Crippen molar-refractivity contribution < 1.29 is 14.3 Å². The van der Waals surface area contributed by atoms with Crippen LogP contribution in [0, 0.1) is 18.7 Å². The topological polar surface area (TPSA) is 58.4 Å². The number of aliphatic hydroxyl groups excluding tert-OH is 1. The van der Waals surface area contributed by atoms with Crippen LogP contribution in [0.1, 0.15) is 30.1 Å². The van der Waals surface area contributed by atoms with Gasteiger partial charge in [-0.1, -0.05) is 12.1 Å². The Morgan fingerprint density at radius 3 is 2.58 bits per heavy atom. The van der Waals surface area contributed by atoms with E-state index in [2.05, 4.69) is 5.10 Å². The predicted octanol–water partition coefficient (Wildman–Crippen LogP) is 2.30. The number of hydrogen-bond acceptors (Lipinski definition) is 3. The van der Waals surface area contributed by atoms with Crippen LogP contribution in [0.4, 0.5) is 4.39 Å². The third-order valence-corrected chi connectivity index (χ3v) is 4.61. The molecule has 3 rings (SSSR count). The van der Waals surface area contributed by atoms with E-state index in [0.717, 1.165) is 24.0 Å². The summed E-state index contributed by atoms with van der Waals surface area (Å²) >= 11 is 0. The summed E-state index contributed by atoms with van der Waals surface area (Å²) in [6.07, 6.45) is 4.45. The first kappa shape index (κ1) is 16.6. The number of rotatable bonds is 4. The molecule has 0 spiro atoms. The zero-order valence-electron chi connectivity index (χ0n) is 13.7. The molecular formula is C18H22FN3O2. The number of aryl methyl sites for hydroxylation is 1. The molecule has 1 amide bonds. The first-order chi connectivity index (χ1) is 11.5. The van der Waals surface area contributed by atoms with E-state index < -0.39 is 6.10 Å². The number of carbonyl (C=O) groups is 1. The van der Waals surface area contributed by atoms with E-state index in [1.807, 2.05) is 18.0 Å². The number of likely N-dealkylation sites (tertiary alicyclic amines) is 1. The van der Waals surface area contributed by atoms with Crippen molar-refractivity contribution in [2.45, 2.75) is 32.4 Å². The molecule has 1 aliphatic rings. The number of piperidine rings is 1. The van der Waals surface area contributed by atoms with Gasteiger partial charge >= 0.3 is 0 Å². The van der Waals surface area contributed by atoms with Gasteiger partial charge in [0.15, 0.2) is 0 Å². The van der Waals surface area contributed by atoms with Crippen molar-refractivity contribution in [1.29, 1.82) is 0 Å².